The highest BCUT2D eigenvalue weighted by Crippen LogP contribution is 2.19. The lowest BCUT2D eigenvalue weighted by molar-refractivity contribution is -0.116. The Morgan fingerprint density at radius 3 is 2.38 bits per heavy atom. The molecule has 0 aliphatic heterocycles. The van der Waals surface area contributed by atoms with Crippen LogP contribution in [0.2, 0.25) is 0 Å². The van der Waals surface area contributed by atoms with Crippen molar-refractivity contribution >= 4 is 17.7 Å². The highest BCUT2D eigenvalue weighted by molar-refractivity contribution is 5.91. The molecule has 5 heteroatoms. The lowest BCUT2D eigenvalue weighted by Gasteiger charge is -2.27. The van der Waals surface area contributed by atoms with E-state index in [4.69, 9.17) is 4.74 Å². The molecule has 5 nitrogen and oxygen atoms in total. The summed E-state index contributed by atoms with van der Waals surface area (Å²) in [6, 6.07) is 7.54. The Bertz CT molecular complexity index is 562. The summed E-state index contributed by atoms with van der Waals surface area (Å²) in [6.45, 7) is 12.4. The lowest BCUT2D eigenvalue weighted by atomic mass is 10.1. The number of rotatable bonds is 6. The van der Waals surface area contributed by atoms with Crippen molar-refractivity contribution in [3.05, 3.63) is 29.8 Å². The fourth-order valence-electron chi connectivity index (χ4n) is 2.19. The maximum atomic E-state index is 12.3. The molecule has 0 saturated heterocycles. The number of nitrogens with zero attached hydrogens (tertiary/aromatic N) is 1. The molecule has 1 rings (SSSR count). The second-order valence-electron chi connectivity index (χ2n) is 7.30. The molecule has 134 valence electrons. The van der Waals surface area contributed by atoms with Gasteiger partial charge in [0.2, 0.25) is 5.91 Å². The van der Waals surface area contributed by atoms with Gasteiger partial charge in [-0.2, -0.15) is 0 Å². The van der Waals surface area contributed by atoms with Gasteiger partial charge in [-0.3, -0.25) is 4.79 Å². The highest BCUT2D eigenvalue weighted by atomic mass is 16.6. The Balaban J connectivity index is 2.85. The van der Waals surface area contributed by atoms with Crippen molar-refractivity contribution in [2.24, 2.45) is 5.92 Å². The summed E-state index contributed by atoms with van der Waals surface area (Å²) in [6.07, 6.45) is 0.117. The van der Waals surface area contributed by atoms with Gasteiger partial charge in [0, 0.05) is 18.7 Å². The zero-order chi connectivity index (χ0) is 18.3. The Morgan fingerprint density at radius 1 is 1.21 bits per heavy atom. The smallest absolute Gasteiger partial charge is 0.410 e. The molecule has 1 N–H and O–H groups in total. The minimum absolute atomic E-state index is 0.0160. The summed E-state index contributed by atoms with van der Waals surface area (Å²) < 4.78 is 5.44. The molecule has 0 aliphatic rings. The van der Waals surface area contributed by atoms with Crippen LogP contribution in [0.15, 0.2) is 24.3 Å². The molecule has 1 aromatic rings. The van der Waals surface area contributed by atoms with Crippen LogP contribution in [0, 0.1) is 5.92 Å². The first-order chi connectivity index (χ1) is 11.1. The summed E-state index contributed by atoms with van der Waals surface area (Å²) in [5.74, 6) is 0.281. The Hall–Kier alpha value is -2.04. The number of nitrogens with one attached hydrogen (secondary N) is 1. The van der Waals surface area contributed by atoms with Crippen molar-refractivity contribution in [2.75, 3.05) is 11.9 Å². The van der Waals surface area contributed by atoms with E-state index >= 15 is 0 Å². The number of amides is 2. The number of ether oxygens (including phenoxy) is 1. The quantitative estimate of drug-likeness (QED) is 0.837. The van der Waals surface area contributed by atoms with Gasteiger partial charge in [0.1, 0.15) is 5.60 Å². The third kappa shape index (κ3) is 7.02. The van der Waals surface area contributed by atoms with Crippen LogP contribution in [0.25, 0.3) is 0 Å². The molecule has 0 atom stereocenters. The molecule has 0 aliphatic carbocycles. The number of para-hydroxylation sites is 1. The third-order valence-corrected chi connectivity index (χ3v) is 3.28. The van der Waals surface area contributed by atoms with Gasteiger partial charge in [-0.25, -0.2) is 4.79 Å². The van der Waals surface area contributed by atoms with E-state index in [-0.39, 0.29) is 12.0 Å². The summed E-state index contributed by atoms with van der Waals surface area (Å²) in [5.41, 5.74) is 1.10. The Kier molecular flexibility index (Phi) is 7.26. The molecule has 0 fully saturated rings. The first-order valence-electron chi connectivity index (χ1n) is 8.48. The van der Waals surface area contributed by atoms with Crippen LogP contribution >= 0.6 is 0 Å². The fraction of sp³-hybridized carbons (Fsp3) is 0.579. The van der Waals surface area contributed by atoms with E-state index in [0.29, 0.717) is 25.4 Å². The second-order valence-corrected chi connectivity index (χ2v) is 7.30. The number of anilines is 1. The molecular weight excluding hydrogens is 304 g/mol. The van der Waals surface area contributed by atoms with Crippen LogP contribution in [-0.2, 0) is 16.1 Å². The Labute approximate surface area is 145 Å². The van der Waals surface area contributed by atoms with Crippen molar-refractivity contribution < 1.29 is 14.3 Å². The van der Waals surface area contributed by atoms with Crippen molar-refractivity contribution in [3.8, 4) is 0 Å². The SMILES string of the molecule is CCN(Cc1ccccc1NC(=O)CC(C)C)C(=O)OC(C)(C)C. The maximum Gasteiger partial charge on any atom is 0.410 e. The number of benzene rings is 1. The second kappa shape index (κ2) is 8.71. The molecule has 0 unspecified atom stereocenters. The minimum Gasteiger partial charge on any atom is -0.444 e. The van der Waals surface area contributed by atoms with Crippen LogP contribution in [0.5, 0.6) is 0 Å². The topological polar surface area (TPSA) is 58.6 Å². The zero-order valence-electron chi connectivity index (χ0n) is 15.7. The summed E-state index contributed by atoms with van der Waals surface area (Å²) in [5, 5.41) is 2.94. The summed E-state index contributed by atoms with van der Waals surface area (Å²) in [4.78, 5) is 25.9. The number of hydrogen-bond donors (Lipinski definition) is 1. The molecule has 0 saturated carbocycles. The van der Waals surface area contributed by atoms with Gasteiger partial charge in [0.15, 0.2) is 0 Å². The molecule has 0 radical (unpaired) electrons. The van der Waals surface area contributed by atoms with Crippen molar-refractivity contribution in [1.82, 2.24) is 4.90 Å². The largest absolute Gasteiger partial charge is 0.444 e. The molecule has 0 spiro atoms. The van der Waals surface area contributed by atoms with Gasteiger partial charge in [-0.15, -0.1) is 0 Å². The average Bonchev–Trinajstić information content (AvgIpc) is 2.43. The number of carbonyl (C=O) groups is 2. The number of hydrogen-bond acceptors (Lipinski definition) is 3. The monoisotopic (exact) mass is 334 g/mol. The highest BCUT2D eigenvalue weighted by Gasteiger charge is 2.22. The van der Waals surface area contributed by atoms with E-state index in [1.807, 2.05) is 65.8 Å². The van der Waals surface area contributed by atoms with Gasteiger partial charge in [0.25, 0.3) is 0 Å². The summed E-state index contributed by atoms with van der Waals surface area (Å²) >= 11 is 0. The molecule has 0 bridgehead atoms. The standard InChI is InChI=1S/C19H30N2O3/c1-7-21(18(23)24-19(4,5)6)13-15-10-8-9-11-16(15)20-17(22)12-14(2)3/h8-11,14H,7,12-13H2,1-6H3,(H,20,22). The first-order valence-corrected chi connectivity index (χ1v) is 8.48. The number of carbonyl (C=O) groups excluding carboxylic acids is 2. The predicted molar refractivity (Wildman–Crippen MR) is 96.8 cm³/mol. The summed E-state index contributed by atoms with van der Waals surface area (Å²) in [7, 11) is 0. The van der Waals surface area contributed by atoms with Crippen LogP contribution < -0.4 is 5.32 Å². The van der Waals surface area contributed by atoms with E-state index in [1.54, 1.807) is 4.90 Å². The molecule has 1 aromatic carbocycles. The van der Waals surface area contributed by atoms with E-state index in [1.165, 1.54) is 0 Å². The minimum atomic E-state index is -0.532. The predicted octanol–water partition coefficient (Wildman–Crippen LogP) is 4.43. The van der Waals surface area contributed by atoms with Crippen molar-refractivity contribution in [2.45, 2.75) is 60.1 Å². The zero-order valence-corrected chi connectivity index (χ0v) is 15.7. The van der Waals surface area contributed by atoms with Crippen molar-refractivity contribution in [3.63, 3.8) is 0 Å². The van der Waals surface area contributed by atoms with E-state index in [2.05, 4.69) is 5.32 Å². The average molecular weight is 334 g/mol. The molecule has 0 aromatic heterocycles. The van der Waals surface area contributed by atoms with Gasteiger partial charge < -0.3 is 15.0 Å². The normalized spacial score (nSPS) is 11.3. The lowest BCUT2D eigenvalue weighted by Crippen LogP contribution is -2.36. The van der Waals surface area contributed by atoms with Crippen LogP contribution in [0.3, 0.4) is 0 Å². The van der Waals surface area contributed by atoms with Gasteiger partial charge in [-0.05, 0) is 45.2 Å². The van der Waals surface area contributed by atoms with Crippen molar-refractivity contribution in [1.29, 1.82) is 0 Å². The molecule has 24 heavy (non-hydrogen) atoms. The van der Waals surface area contributed by atoms with E-state index < -0.39 is 5.60 Å². The van der Waals surface area contributed by atoms with Crippen LogP contribution in [0.4, 0.5) is 10.5 Å². The van der Waals surface area contributed by atoms with Gasteiger partial charge >= 0.3 is 6.09 Å². The van der Waals surface area contributed by atoms with Gasteiger partial charge in [0.05, 0.1) is 6.54 Å². The molecule has 2 amide bonds. The third-order valence-electron chi connectivity index (χ3n) is 3.28. The maximum absolute atomic E-state index is 12.3. The van der Waals surface area contributed by atoms with E-state index in [9.17, 15) is 9.59 Å². The van der Waals surface area contributed by atoms with Gasteiger partial charge in [-0.1, -0.05) is 32.0 Å². The molecular formula is C19H30N2O3. The molecule has 0 heterocycles. The van der Waals surface area contributed by atoms with Crippen LogP contribution in [0.1, 0.15) is 53.5 Å². The fourth-order valence-corrected chi connectivity index (χ4v) is 2.19. The van der Waals surface area contributed by atoms with Crippen LogP contribution in [-0.4, -0.2) is 29.0 Å². The first kappa shape index (κ1) is 20.0. The van der Waals surface area contributed by atoms with E-state index in [0.717, 1.165) is 11.3 Å². The Morgan fingerprint density at radius 2 is 1.83 bits per heavy atom.